The second-order valence-electron chi connectivity index (χ2n) is 6.52. The predicted octanol–water partition coefficient (Wildman–Crippen LogP) is 3.78. The number of benzene rings is 1. The van der Waals surface area contributed by atoms with Crippen LogP contribution in [0.25, 0.3) is 22.1 Å². The van der Waals surface area contributed by atoms with Crippen LogP contribution in [0.15, 0.2) is 45.9 Å². The Labute approximate surface area is 132 Å². The zero-order valence-corrected chi connectivity index (χ0v) is 13.1. The van der Waals surface area contributed by atoms with E-state index in [4.69, 9.17) is 4.42 Å². The number of aromatic carboxylic acids is 1. The second kappa shape index (κ2) is 5.12. The summed E-state index contributed by atoms with van der Waals surface area (Å²) in [5, 5.41) is 9.86. The van der Waals surface area contributed by atoms with Gasteiger partial charge in [0, 0.05) is 22.7 Å². The van der Waals surface area contributed by atoms with Crippen LogP contribution in [0.1, 0.15) is 36.7 Å². The van der Waals surface area contributed by atoms with E-state index in [2.05, 4.69) is 4.98 Å². The van der Waals surface area contributed by atoms with E-state index in [1.54, 1.807) is 24.4 Å². The van der Waals surface area contributed by atoms with Gasteiger partial charge in [-0.25, -0.2) is 4.79 Å². The number of nitrogens with one attached hydrogen (secondary N) is 1. The standard InChI is InChI=1S/C18H17NO4/c1-18(2,3)14-8-10(11-5-4-6-19-16(11)20)7-12-13(17(21)22)9-23-15(12)14/h4-9H,1-3H3,(H,19,20)(H,21,22). The topological polar surface area (TPSA) is 83.3 Å². The molecule has 0 atom stereocenters. The summed E-state index contributed by atoms with van der Waals surface area (Å²) in [6.07, 6.45) is 2.82. The minimum absolute atomic E-state index is 0.0970. The molecule has 5 nitrogen and oxygen atoms in total. The third-order valence-electron chi connectivity index (χ3n) is 3.84. The Kier molecular flexibility index (Phi) is 3.36. The number of hydrogen-bond acceptors (Lipinski definition) is 3. The van der Waals surface area contributed by atoms with Crippen LogP contribution in [0.5, 0.6) is 0 Å². The summed E-state index contributed by atoms with van der Waals surface area (Å²) in [5.74, 6) is -1.05. The highest BCUT2D eigenvalue weighted by atomic mass is 16.4. The fourth-order valence-electron chi connectivity index (χ4n) is 2.66. The molecule has 3 aromatic rings. The summed E-state index contributed by atoms with van der Waals surface area (Å²) >= 11 is 0. The molecule has 3 rings (SSSR count). The van der Waals surface area contributed by atoms with Gasteiger partial charge in [-0.2, -0.15) is 0 Å². The minimum atomic E-state index is -1.05. The molecule has 0 amide bonds. The maximum atomic E-state index is 12.1. The Bertz CT molecular complexity index is 957. The van der Waals surface area contributed by atoms with Gasteiger partial charge in [-0.15, -0.1) is 0 Å². The molecule has 0 aliphatic heterocycles. The summed E-state index contributed by atoms with van der Waals surface area (Å²) < 4.78 is 5.52. The first kappa shape index (κ1) is 15.1. The molecule has 0 saturated carbocycles. The van der Waals surface area contributed by atoms with E-state index in [1.165, 1.54) is 6.26 Å². The van der Waals surface area contributed by atoms with Crippen LogP contribution in [-0.4, -0.2) is 16.1 Å². The van der Waals surface area contributed by atoms with Crippen molar-refractivity contribution in [3.63, 3.8) is 0 Å². The third kappa shape index (κ3) is 2.54. The van der Waals surface area contributed by atoms with Crippen LogP contribution in [0, 0.1) is 0 Å². The summed E-state index contributed by atoms with van der Waals surface area (Å²) in [6.45, 7) is 6.05. The number of hydrogen-bond donors (Lipinski definition) is 2. The van der Waals surface area contributed by atoms with E-state index in [0.29, 0.717) is 22.1 Å². The van der Waals surface area contributed by atoms with E-state index >= 15 is 0 Å². The molecule has 2 N–H and O–H groups in total. The maximum absolute atomic E-state index is 12.1. The zero-order valence-electron chi connectivity index (χ0n) is 13.1. The lowest BCUT2D eigenvalue weighted by Gasteiger charge is -2.20. The smallest absolute Gasteiger partial charge is 0.339 e. The molecular formula is C18H17NO4. The van der Waals surface area contributed by atoms with Gasteiger partial charge in [0.25, 0.3) is 5.56 Å². The highest BCUT2D eigenvalue weighted by Crippen LogP contribution is 2.36. The number of H-pyrrole nitrogens is 1. The normalized spacial score (nSPS) is 11.8. The molecule has 2 aromatic heterocycles. The highest BCUT2D eigenvalue weighted by molar-refractivity contribution is 6.04. The van der Waals surface area contributed by atoms with Gasteiger partial charge in [-0.3, -0.25) is 4.79 Å². The zero-order chi connectivity index (χ0) is 16.8. The van der Waals surface area contributed by atoms with Gasteiger partial charge >= 0.3 is 5.97 Å². The molecule has 0 aliphatic rings. The Balaban J connectivity index is 2.41. The van der Waals surface area contributed by atoms with E-state index in [9.17, 15) is 14.7 Å². The van der Waals surface area contributed by atoms with Crippen molar-refractivity contribution < 1.29 is 14.3 Å². The number of carboxylic acid groups (broad SMARTS) is 1. The summed E-state index contributed by atoms with van der Waals surface area (Å²) in [6, 6.07) is 7.04. The molecule has 5 heteroatoms. The van der Waals surface area contributed by atoms with Crippen molar-refractivity contribution >= 4 is 16.9 Å². The van der Waals surface area contributed by atoms with Crippen LogP contribution in [0.3, 0.4) is 0 Å². The largest absolute Gasteiger partial charge is 0.478 e. The lowest BCUT2D eigenvalue weighted by molar-refractivity contribution is 0.0698. The van der Waals surface area contributed by atoms with Crippen LogP contribution in [0.4, 0.5) is 0 Å². The number of fused-ring (bicyclic) bond motifs is 1. The maximum Gasteiger partial charge on any atom is 0.339 e. The third-order valence-corrected chi connectivity index (χ3v) is 3.84. The molecule has 23 heavy (non-hydrogen) atoms. The number of carbonyl (C=O) groups is 1. The van der Waals surface area contributed by atoms with Crippen molar-refractivity contribution in [2.24, 2.45) is 0 Å². The quantitative estimate of drug-likeness (QED) is 0.754. The first-order valence-electron chi connectivity index (χ1n) is 7.26. The average Bonchev–Trinajstić information content (AvgIpc) is 2.89. The molecule has 0 radical (unpaired) electrons. The molecule has 0 aliphatic carbocycles. The van der Waals surface area contributed by atoms with Gasteiger partial charge in [0.1, 0.15) is 17.4 Å². The van der Waals surface area contributed by atoms with Crippen molar-refractivity contribution in [1.82, 2.24) is 4.98 Å². The molecule has 118 valence electrons. The SMILES string of the molecule is CC(C)(C)c1cc(-c2ccc[nH]c2=O)cc2c(C(=O)O)coc12. The molecule has 0 unspecified atom stereocenters. The molecule has 0 spiro atoms. The second-order valence-corrected chi connectivity index (χ2v) is 6.52. The molecule has 0 fully saturated rings. The Morgan fingerprint density at radius 3 is 2.61 bits per heavy atom. The van der Waals surface area contributed by atoms with Crippen molar-refractivity contribution in [3.05, 3.63) is 58.2 Å². The average molecular weight is 311 g/mol. The summed E-state index contributed by atoms with van der Waals surface area (Å²) in [4.78, 5) is 26.1. The van der Waals surface area contributed by atoms with Crippen LogP contribution in [-0.2, 0) is 5.41 Å². The molecule has 0 saturated heterocycles. The molecule has 2 heterocycles. The van der Waals surface area contributed by atoms with Crippen molar-refractivity contribution in [2.75, 3.05) is 0 Å². The van der Waals surface area contributed by atoms with Gasteiger partial charge in [0.2, 0.25) is 0 Å². The molecule has 1 aromatic carbocycles. The summed E-state index contributed by atoms with van der Waals surface area (Å²) in [7, 11) is 0. The number of furan rings is 1. The molecule has 0 bridgehead atoms. The Morgan fingerprint density at radius 1 is 1.26 bits per heavy atom. The fraction of sp³-hybridized carbons (Fsp3) is 0.222. The minimum Gasteiger partial charge on any atom is -0.478 e. The lowest BCUT2D eigenvalue weighted by atomic mass is 9.84. The van der Waals surface area contributed by atoms with Gasteiger partial charge in [0.05, 0.1) is 0 Å². The number of aromatic amines is 1. The number of pyridine rings is 1. The number of carboxylic acids is 1. The number of rotatable bonds is 2. The van der Waals surface area contributed by atoms with E-state index in [0.717, 1.165) is 5.56 Å². The van der Waals surface area contributed by atoms with Crippen molar-refractivity contribution in [3.8, 4) is 11.1 Å². The predicted molar refractivity (Wildman–Crippen MR) is 87.9 cm³/mol. The monoisotopic (exact) mass is 311 g/mol. The van der Waals surface area contributed by atoms with Crippen LogP contribution in [0.2, 0.25) is 0 Å². The molecular weight excluding hydrogens is 294 g/mol. The van der Waals surface area contributed by atoms with Gasteiger partial charge in [-0.05, 0) is 35.2 Å². The van der Waals surface area contributed by atoms with E-state index < -0.39 is 5.97 Å². The lowest BCUT2D eigenvalue weighted by Crippen LogP contribution is -2.13. The van der Waals surface area contributed by atoms with Gasteiger partial charge < -0.3 is 14.5 Å². The fourth-order valence-corrected chi connectivity index (χ4v) is 2.66. The Morgan fingerprint density at radius 2 is 2.00 bits per heavy atom. The van der Waals surface area contributed by atoms with Crippen LogP contribution < -0.4 is 5.56 Å². The van der Waals surface area contributed by atoms with Crippen LogP contribution >= 0.6 is 0 Å². The van der Waals surface area contributed by atoms with Crippen molar-refractivity contribution in [1.29, 1.82) is 0 Å². The van der Waals surface area contributed by atoms with Gasteiger partial charge in [-0.1, -0.05) is 20.8 Å². The van der Waals surface area contributed by atoms with E-state index in [1.807, 2.05) is 26.8 Å². The van der Waals surface area contributed by atoms with Gasteiger partial charge in [0.15, 0.2) is 0 Å². The number of aromatic nitrogens is 1. The highest BCUT2D eigenvalue weighted by Gasteiger charge is 2.24. The van der Waals surface area contributed by atoms with E-state index in [-0.39, 0.29) is 16.5 Å². The Hall–Kier alpha value is -2.82. The van der Waals surface area contributed by atoms with Crippen molar-refractivity contribution in [2.45, 2.75) is 26.2 Å². The summed E-state index contributed by atoms with van der Waals surface area (Å²) in [5.41, 5.74) is 2.20. The first-order valence-corrected chi connectivity index (χ1v) is 7.26. The first-order chi connectivity index (χ1) is 10.8.